The zero-order valence-corrected chi connectivity index (χ0v) is 6.91. The fraction of sp³-hybridized carbons (Fsp3) is 1.00. The van der Waals surface area contributed by atoms with Gasteiger partial charge in [-0.15, -0.1) is 12.4 Å². The van der Waals surface area contributed by atoms with E-state index in [0.29, 0.717) is 6.10 Å². The summed E-state index contributed by atoms with van der Waals surface area (Å²) in [6.07, 6.45) is 1.32. The first-order valence-electron chi connectivity index (χ1n) is 3.09. The minimum atomic E-state index is 0. The lowest BCUT2D eigenvalue weighted by atomic mass is 10.4. The van der Waals surface area contributed by atoms with E-state index in [1.54, 1.807) is 0 Å². The Hall–Kier alpha value is 0.210. The Morgan fingerprint density at radius 3 is 2.33 bits per heavy atom. The number of rotatable bonds is 4. The highest BCUT2D eigenvalue weighted by Gasteiger charge is 1.89. The van der Waals surface area contributed by atoms with Crippen LogP contribution in [-0.4, -0.2) is 19.3 Å². The van der Waals surface area contributed by atoms with Gasteiger partial charge in [-0.3, -0.25) is 0 Å². The predicted molar refractivity (Wildman–Crippen MR) is 42.0 cm³/mol. The molecule has 0 atom stereocenters. The van der Waals surface area contributed by atoms with Crippen molar-refractivity contribution >= 4 is 12.4 Å². The molecule has 0 fully saturated rings. The lowest BCUT2D eigenvalue weighted by Crippen LogP contribution is -2.08. The predicted octanol–water partition coefficient (Wildman–Crippen LogP) is 1.18. The van der Waals surface area contributed by atoms with E-state index in [1.165, 1.54) is 0 Å². The molecule has 0 radical (unpaired) electrons. The standard InChI is InChI=1S/C6H15NO.ClH/c1-6(2)8-5-3-4-7;/h6H,3-5,7H2,1-2H3;1H. The van der Waals surface area contributed by atoms with E-state index in [0.717, 1.165) is 19.6 Å². The van der Waals surface area contributed by atoms with Gasteiger partial charge in [-0.25, -0.2) is 0 Å². The van der Waals surface area contributed by atoms with Crippen LogP contribution in [0.2, 0.25) is 0 Å². The van der Waals surface area contributed by atoms with Crippen LogP contribution >= 0.6 is 12.4 Å². The van der Waals surface area contributed by atoms with Crippen molar-refractivity contribution in [2.45, 2.75) is 26.4 Å². The number of hydrogen-bond donors (Lipinski definition) is 1. The summed E-state index contributed by atoms with van der Waals surface area (Å²) in [5.74, 6) is 0. The van der Waals surface area contributed by atoms with Crippen molar-refractivity contribution in [2.75, 3.05) is 13.2 Å². The molecule has 0 aliphatic carbocycles. The maximum Gasteiger partial charge on any atom is 0.0518 e. The lowest BCUT2D eigenvalue weighted by molar-refractivity contribution is 0.0782. The average molecular weight is 154 g/mol. The molecular formula is C6H16ClNO. The Morgan fingerprint density at radius 1 is 1.44 bits per heavy atom. The van der Waals surface area contributed by atoms with Crippen LogP contribution < -0.4 is 5.73 Å². The van der Waals surface area contributed by atoms with Gasteiger partial charge in [0.15, 0.2) is 0 Å². The third-order valence-electron chi connectivity index (χ3n) is 0.800. The Kier molecular flexibility index (Phi) is 10.9. The van der Waals surface area contributed by atoms with Gasteiger partial charge in [-0.2, -0.15) is 0 Å². The number of halogens is 1. The maximum atomic E-state index is 5.23. The Bertz CT molecular complexity index is 50.3. The zero-order chi connectivity index (χ0) is 6.41. The highest BCUT2D eigenvalue weighted by Crippen LogP contribution is 1.87. The molecule has 0 aromatic carbocycles. The van der Waals surface area contributed by atoms with E-state index in [-0.39, 0.29) is 12.4 Å². The lowest BCUT2D eigenvalue weighted by Gasteiger charge is -2.04. The number of nitrogens with two attached hydrogens (primary N) is 1. The topological polar surface area (TPSA) is 35.2 Å². The molecule has 0 saturated heterocycles. The smallest absolute Gasteiger partial charge is 0.0518 e. The van der Waals surface area contributed by atoms with Crippen LogP contribution in [0.25, 0.3) is 0 Å². The quantitative estimate of drug-likeness (QED) is 0.616. The Balaban J connectivity index is 0. The molecule has 0 rings (SSSR count). The van der Waals surface area contributed by atoms with Crippen molar-refractivity contribution < 1.29 is 4.74 Å². The van der Waals surface area contributed by atoms with Gasteiger partial charge in [0.25, 0.3) is 0 Å². The summed E-state index contributed by atoms with van der Waals surface area (Å²) < 4.78 is 5.20. The van der Waals surface area contributed by atoms with Crippen LogP contribution in [0.1, 0.15) is 20.3 Å². The monoisotopic (exact) mass is 153 g/mol. The summed E-state index contributed by atoms with van der Waals surface area (Å²) in [5.41, 5.74) is 5.23. The largest absolute Gasteiger partial charge is 0.379 e. The fourth-order valence-electron chi connectivity index (χ4n) is 0.402. The van der Waals surface area contributed by atoms with Crippen LogP contribution in [-0.2, 0) is 4.74 Å². The molecular weight excluding hydrogens is 138 g/mol. The SMILES string of the molecule is CC(C)OCCCN.Cl. The molecule has 0 aromatic rings. The van der Waals surface area contributed by atoms with Gasteiger partial charge < -0.3 is 10.5 Å². The van der Waals surface area contributed by atoms with Crippen molar-refractivity contribution in [3.63, 3.8) is 0 Å². The van der Waals surface area contributed by atoms with Gasteiger partial charge in [0.1, 0.15) is 0 Å². The molecule has 58 valence electrons. The molecule has 0 spiro atoms. The second kappa shape index (κ2) is 8.21. The van der Waals surface area contributed by atoms with Crippen molar-refractivity contribution in [2.24, 2.45) is 5.73 Å². The summed E-state index contributed by atoms with van der Waals surface area (Å²) in [6.45, 7) is 5.58. The summed E-state index contributed by atoms with van der Waals surface area (Å²) in [4.78, 5) is 0. The Labute approximate surface area is 63.2 Å². The second-order valence-corrected chi connectivity index (χ2v) is 2.06. The normalized spacial score (nSPS) is 9.33. The molecule has 2 nitrogen and oxygen atoms in total. The molecule has 0 amide bonds. The van der Waals surface area contributed by atoms with E-state index >= 15 is 0 Å². The van der Waals surface area contributed by atoms with Crippen molar-refractivity contribution in [1.29, 1.82) is 0 Å². The molecule has 0 aromatic heterocycles. The molecule has 2 N–H and O–H groups in total. The summed E-state index contributed by atoms with van der Waals surface area (Å²) in [5, 5.41) is 0. The van der Waals surface area contributed by atoms with Crippen molar-refractivity contribution in [3.8, 4) is 0 Å². The second-order valence-electron chi connectivity index (χ2n) is 2.06. The average Bonchev–Trinajstić information content (AvgIpc) is 1.66. The van der Waals surface area contributed by atoms with Gasteiger partial charge in [-0.05, 0) is 26.8 Å². The number of ether oxygens (including phenoxy) is 1. The van der Waals surface area contributed by atoms with Crippen LogP contribution in [0.5, 0.6) is 0 Å². The maximum absolute atomic E-state index is 5.23. The molecule has 0 heterocycles. The molecule has 0 unspecified atom stereocenters. The third kappa shape index (κ3) is 11.7. The van der Waals surface area contributed by atoms with Crippen LogP contribution in [0.4, 0.5) is 0 Å². The summed E-state index contributed by atoms with van der Waals surface area (Å²) in [6, 6.07) is 0. The van der Waals surface area contributed by atoms with E-state index < -0.39 is 0 Å². The first kappa shape index (κ1) is 11.9. The molecule has 0 aliphatic rings. The fourth-order valence-corrected chi connectivity index (χ4v) is 0.402. The van der Waals surface area contributed by atoms with Gasteiger partial charge >= 0.3 is 0 Å². The summed E-state index contributed by atoms with van der Waals surface area (Å²) in [7, 11) is 0. The van der Waals surface area contributed by atoms with Gasteiger partial charge in [0, 0.05) is 6.61 Å². The first-order valence-corrected chi connectivity index (χ1v) is 3.09. The minimum absolute atomic E-state index is 0. The van der Waals surface area contributed by atoms with E-state index in [2.05, 4.69) is 0 Å². The molecule has 3 heteroatoms. The van der Waals surface area contributed by atoms with Crippen LogP contribution in [0, 0.1) is 0 Å². The molecule has 0 saturated carbocycles. The van der Waals surface area contributed by atoms with E-state index in [1.807, 2.05) is 13.8 Å². The highest BCUT2D eigenvalue weighted by atomic mass is 35.5. The van der Waals surface area contributed by atoms with Crippen molar-refractivity contribution in [3.05, 3.63) is 0 Å². The molecule has 0 aliphatic heterocycles. The Morgan fingerprint density at radius 2 is 2.00 bits per heavy atom. The molecule has 0 bridgehead atoms. The van der Waals surface area contributed by atoms with Crippen LogP contribution in [0.3, 0.4) is 0 Å². The van der Waals surface area contributed by atoms with Crippen LogP contribution in [0.15, 0.2) is 0 Å². The summed E-state index contributed by atoms with van der Waals surface area (Å²) >= 11 is 0. The van der Waals surface area contributed by atoms with Gasteiger partial charge in [0.05, 0.1) is 6.10 Å². The van der Waals surface area contributed by atoms with Gasteiger partial charge in [0.2, 0.25) is 0 Å². The highest BCUT2D eigenvalue weighted by molar-refractivity contribution is 5.85. The van der Waals surface area contributed by atoms with Gasteiger partial charge in [-0.1, -0.05) is 0 Å². The molecule has 9 heavy (non-hydrogen) atoms. The third-order valence-corrected chi connectivity index (χ3v) is 0.800. The van der Waals surface area contributed by atoms with Crippen molar-refractivity contribution in [1.82, 2.24) is 0 Å². The number of hydrogen-bond acceptors (Lipinski definition) is 2. The van der Waals surface area contributed by atoms with E-state index in [9.17, 15) is 0 Å². The first-order chi connectivity index (χ1) is 3.77. The minimum Gasteiger partial charge on any atom is -0.379 e. The van der Waals surface area contributed by atoms with E-state index in [4.69, 9.17) is 10.5 Å². The zero-order valence-electron chi connectivity index (χ0n) is 6.09.